The van der Waals surface area contributed by atoms with Gasteiger partial charge >= 0.3 is 0 Å². The van der Waals surface area contributed by atoms with Gasteiger partial charge in [0.15, 0.2) is 0 Å². The number of hydrogen-bond acceptors (Lipinski definition) is 3. The molecule has 2 aromatic rings. The van der Waals surface area contributed by atoms with Crippen molar-refractivity contribution in [2.24, 2.45) is 0 Å². The average Bonchev–Trinajstić information content (AvgIpc) is 2.99. The molecule has 3 nitrogen and oxygen atoms in total. The first-order valence-corrected chi connectivity index (χ1v) is 8.64. The zero-order valence-corrected chi connectivity index (χ0v) is 14.4. The first kappa shape index (κ1) is 16.7. The molecule has 0 spiro atoms. The number of amides is 1. The first-order chi connectivity index (χ1) is 10.6. The van der Waals surface area contributed by atoms with Crippen molar-refractivity contribution in [1.82, 2.24) is 9.88 Å². The van der Waals surface area contributed by atoms with Crippen LogP contribution in [-0.2, 0) is 17.6 Å². The van der Waals surface area contributed by atoms with E-state index in [1.165, 1.54) is 10.4 Å². The number of pyridine rings is 1. The number of aryl methyl sites for hydroxylation is 2. The first-order valence-electron chi connectivity index (χ1n) is 7.76. The Morgan fingerprint density at radius 1 is 1.41 bits per heavy atom. The Kier molecular flexibility index (Phi) is 6.13. The molecule has 0 aromatic carbocycles. The Labute approximate surface area is 137 Å². The molecule has 0 aliphatic rings. The number of thiophene rings is 1. The second-order valence-corrected chi connectivity index (χ2v) is 6.85. The van der Waals surface area contributed by atoms with E-state index in [2.05, 4.69) is 42.4 Å². The van der Waals surface area contributed by atoms with Gasteiger partial charge in [0.25, 0.3) is 0 Å². The van der Waals surface area contributed by atoms with E-state index in [0.29, 0.717) is 6.42 Å². The molecular formula is C18H24N2OS. The summed E-state index contributed by atoms with van der Waals surface area (Å²) in [6.07, 6.45) is 5.15. The number of hydrogen-bond donors (Lipinski definition) is 0. The molecule has 1 amide bonds. The van der Waals surface area contributed by atoms with Crippen LogP contribution in [0, 0.1) is 6.92 Å². The predicted molar refractivity (Wildman–Crippen MR) is 92.2 cm³/mol. The van der Waals surface area contributed by atoms with Gasteiger partial charge in [-0.15, -0.1) is 11.3 Å². The van der Waals surface area contributed by atoms with E-state index in [1.54, 1.807) is 11.3 Å². The van der Waals surface area contributed by atoms with E-state index >= 15 is 0 Å². The third-order valence-electron chi connectivity index (χ3n) is 3.93. The molecule has 2 aromatic heterocycles. The van der Waals surface area contributed by atoms with Gasteiger partial charge in [-0.25, -0.2) is 0 Å². The van der Waals surface area contributed by atoms with E-state index < -0.39 is 0 Å². The molecule has 0 bridgehead atoms. The summed E-state index contributed by atoms with van der Waals surface area (Å²) in [5.74, 6) is 0.219. The lowest BCUT2D eigenvalue weighted by Crippen LogP contribution is -2.36. The minimum absolute atomic E-state index is 0.170. The molecule has 0 N–H and O–H groups in total. The molecule has 22 heavy (non-hydrogen) atoms. The second kappa shape index (κ2) is 8.08. The fourth-order valence-electron chi connectivity index (χ4n) is 2.44. The number of aromatic nitrogens is 1. The fourth-order valence-corrected chi connectivity index (χ4v) is 3.19. The normalized spacial score (nSPS) is 12.1. The van der Waals surface area contributed by atoms with E-state index in [0.717, 1.165) is 25.0 Å². The summed E-state index contributed by atoms with van der Waals surface area (Å²) in [6, 6.07) is 8.44. The third-order valence-corrected chi connectivity index (χ3v) is 4.86. The Morgan fingerprint density at radius 2 is 2.23 bits per heavy atom. The van der Waals surface area contributed by atoms with Crippen LogP contribution in [0.4, 0.5) is 0 Å². The van der Waals surface area contributed by atoms with E-state index in [-0.39, 0.29) is 11.9 Å². The van der Waals surface area contributed by atoms with Crippen molar-refractivity contribution < 1.29 is 4.79 Å². The smallest absolute Gasteiger partial charge is 0.222 e. The maximum atomic E-state index is 12.3. The largest absolute Gasteiger partial charge is 0.343 e. The van der Waals surface area contributed by atoms with Crippen molar-refractivity contribution in [3.63, 3.8) is 0 Å². The van der Waals surface area contributed by atoms with Crippen LogP contribution in [0.2, 0.25) is 0 Å². The van der Waals surface area contributed by atoms with Crippen LogP contribution in [0.3, 0.4) is 0 Å². The summed E-state index contributed by atoms with van der Waals surface area (Å²) in [5.41, 5.74) is 2.26. The Morgan fingerprint density at radius 3 is 2.91 bits per heavy atom. The van der Waals surface area contributed by atoms with Crippen LogP contribution < -0.4 is 0 Å². The molecule has 0 saturated carbocycles. The molecule has 4 heteroatoms. The van der Waals surface area contributed by atoms with Crippen molar-refractivity contribution in [3.05, 3.63) is 52.0 Å². The quantitative estimate of drug-likeness (QED) is 0.777. The van der Waals surface area contributed by atoms with Crippen molar-refractivity contribution >= 4 is 17.2 Å². The standard InChI is InChI=1S/C18H24N2OS/c1-14-9-10-19-16(12-14)13-15(2)20(3)18(21)8-4-6-17-7-5-11-22-17/h5,7,9-12,15H,4,6,8,13H2,1-3H3/t15-/m0/s1. The molecule has 118 valence electrons. The lowest BCUT2D eigenvalue weighted by molar-refractivity contribution is -0.131. The number of likely N-dealkylation sites (N-methyl/N-ethyl adjacent to an activating group) is 1. The molecular weight excluding hydrogens is 292 g/mol. The third kappa shape index (κ3) is 4.95. The summed E-state index contributed by atoms with van der Waals surface area (Å²) in [5, 5.41) is 2.08. The SMILES string of the molecule is Cc1ccnc(C[C@H](C)N(C)C(=O)CCCc2cccs2)c1. The molecule has 2 heterocycles. The number of nitrogens with zero attached hydrogens (tertiary/aromatic N) is 2. The Hall–Kier alpha value is -1.68. The molecule has 0 aliphatic carbocycles. The zero-order valence-electron chi connectivity index (χ0n) is 13.6. The van der Waals surface area contributed by atoms with Gasteiger partial charge in [0.05, 0.1) is 0 Å². The molecule has 1 atom stereocenters. The highest BCUT2D eigenvalue weighted by molar-refractivity contribution is 7.09. The molecule has 0 fully saturated rings. The molecule has 0 unspecified atom stereocenters. The molecule has 0 saturated heterocycles. The Bertz CT molecular complexity index is 595. The van der Waals surface area contributed by atoms with Gasteiger partial charge in [0.1, 0.15) is 0 Å². The molecule has 0 radical (unpaired) electrons. The van der Waals surface area contributed by atoms with Gasteiger partial charge in [-0.05, 0) is 55.8 Å². The van der Waals surface area contributed by atoms with Gasteiger partial charge in [-0.2, -0.15) is 0 Å². The van der Waals surface area contributed by atoms with Crippen LogP contribution in [0.25, 0.3) is 0 Å². The second-order valence-electron chi connectivity index (χ2n) is 5.82. The van der Waals surface area contributed by atoms with E-state index in [1.807, 2.05) is 24.2 Å². The number of rotatable bonds is 7. The highest BCUT2D eigenvalue weighted by Gasteiger charge is 2.16. The van der Waals surface area contributed by atoms with Crippen molar-refractivity contribution in [3.8, 4) is 0 Å². The summed E-state index contributed by atoms with van der Waals surface area (Å²) in [7, 11) is 1.90. The van der Waals surface area contributed by atoms with Gasteiger partial charge < -0.3 is 4.90 Å². The van der Waals surface area contributed by atoms with E-state index in [4.69, 9.17) is 0 Å². The predicted octanol–water partition coefficient (Wildman–Crippen LogP) is 3.86. The van der Waals surface area contributed by atoms with Gasteiger partial charge in [0, 0.05) is 42.7 Å². The molecule has 0 aliphatic heterocycles. The highest BCUT2D eigenvalue weighted by Crippen LogP contribution is 2.13. The summed E-state index contributed by atoms with van der Waals surface area (Å²) in [6.45, 7) is 4.15. The molecule has 2 rings (SSSR count). The topological polar surface area (TPSA) is 33.2 Å². The van der Waals surface area contributed by atoms with Crippen LogP contribution in [-0.4, -0.2) is 28.9 Å². The van der Waals surface area contributed by atoms with Gasteiger partial charge in [-0.1, -0.05) is 6.07 Å². The lowest BCUT2D eigenvalue weighted by Gasteiger charge is -2.25. The van der Waals surface area contributed by atoms with Crippen LogP contribution in [0.1, 0.15) is 35.9 Å². The maximum absolute atomic E-state index is 12.3. The average molecular weight is 316 g/mol. The van der Waals surface area contributed by atoms with Crippen LogP contribution in [0.5, 0.6) is 0 Å². The minimum atomic E-state index is 0.170. The summed E-state index contributed by atoms with van der Waals surface area (Å²) >= 11 is 1.76. The highest BCUT2D eigenvalue weighted by atomic mass is 32.1. The number of carbonyl (C=O) groups is 1. The lowest BCUT2D eigenvalue weighted by atomic mass is 10.1. The number of carbonyl (C=O) groups excluding carboxylic acids is 1. The Balaban J connectivity index is 1.79. The van der Waals surface area contributed by atoms with Gasteiger partial charge in [-0.3, -0.25) is 9.78 Å². The fraction of sp³-hybridized carbons (Fsp3) is 0.444. The van der Waals surface area contributed by atoms with Crippen LogP contribution >= 0.6 is 11.3 Å². The maximum Gasteiger partial charge on any atom is 0.222 e. The van der Waals surface area contributed by atoms with Crippen LogP contribution in [0.15, 0.2) is 35.8 Å². The summed E-state index contributed by atoms with van der Waals surface area (Å²) < 4.78 is 0. The zero-order chi connectivity index (χ0) is 15.9. The van der Waals surface area contributed by atoms with Crippen molar-refractivity contribution in [2.75, 3.05) is 7.05 Å². The van der Waals surface area contributed by atoms with E-state index in [9.17, 15) is 4.79 Å². The van der Waals surface area contributed by atoms with Gasteiger partial charge in [0.2, 0.25) is 5.91 Å². The monoisotopic (exact) mass is 316 g/mol. The van der Waals surface area contributed by atoms with Crippen molar-refractivity contribution in [1.29, 1.82) is 0 Å². The summed E-state index contributed by atoms with van der Waals surface area (Å²) in [4.78, 5) is 19.9. The minimum Gasteiger partial charge on any atom is -0.343 e. The van der Waals surface area contributed by atoms with Crippen molar-refractivity contribution in [2.45, 2.75) is 45.6 Å².